The summed E-state index contributed by atoms with van der Waals surface area (Å²) in [5, 5.41) is 10.5. The highest BCUT2D eigenvalue weighted by Gasteiger charge is 2.35. The van der Waals surface area contributed by atoms with Gasteiger partial charge < -0.3 is 24.2 Å². The second-order valence-corrected chi connectivity index (χ2v) is 9.35. The first kappa shape index (κ1) is 22.2. The number of amides is 1. The number of rotatable bonds is 6. The highest BCUT2D eigenvalue weighted by Crippen LogP contribution is 2.37. The maximum Gasteiger partial charge on any atom is 0.250 e. The van der Waals surface area contributed by atoms with Gasteiger partial charge in [0.05, 0.1) is 12.5 Å². The fourth-order valence-corrected chi connectivity index (χ4v) is 5.38. The molecule has 3 aromatic rings. The van der Waals surface area contributed by atoms with Crippen LogP contribution < -0.4 is 16.7 Å². The molecule has 0 spiro atoms. The maximum atomic E-state index is 12.6. The average Bonchev–Trinajstić information content (AvgIpc) is 3.21. The Labute approximate surface area is 195 Å². The molecular weight excluding hydrogens is 438 g/mol. The molecule has 2 aliphatic heterocycles. The predicted octanol–water partition coefficient (Wildman–Crippen LogP) is 2.04. The van der Waals surface area contributed by atoms with E-state index in [0.29, 0.717) is 36.3 Å². The molecule has 5 rings (SSSR count). The molecule has 34 heavy (non-hydrogen) atoms. The Morgan fingerprint density at radius 1 is 1.18 bits per heavy atom. The fourth-order valence-electron chi connectivity index (χ4n) is 5.38. The molecule has 3 atom stereocenters. The van der Waals surface area contributed by atoms with Crippen LogP contribution in [-0.2, 0) is 17.9 Å². The zero-order valence-electron chi connectivity index (χ0n) is 18.9. The average molecular weight is 466 g/mol. The molecule has 1 amide bonds. The third-order valence-electron chi connectivity index (χ3n) is 6.76. The number of aromatic nitrogens is 1. The van der Waals surface area contributed by atoms with Gasteiger partial charge in [0.15, 0.2) is 5.76 Å². The van der Waals surface area contributed by atoms with Crippen molar-refractivity contribution in [1.29, 1.82) is 0 Å². The summed E-state index contributed by atoms with van der Waals surface area (Å²) >= 11 is 0. The van der Waals surface area contributed by atoms with Gasteiger partial charge in [-0.15, -0.1) is 0 Å². The van der Waals surface area contributed by atoms with Gasteiger partial charge in [-0.25, -0.2) is 0 Å². The van der Waals surface area contributed by atoms with Crippen LogP contribution in [0.15, 0.2) is 54.8 Å². The van der Waals surface area contributed by atoms with Gasteiger partial charge in [-0.05, 0) is 37.5 Å². The molecule has 1 unspecified atom stereocenters. The summed E-state index contributed by atoms with van der Waals surface area (Å²) in [5.41, 5.74) is 5.93. The summed E-state index contributed by atoms with van der Waals surface area (Å²) in [6.45, 7) is 4.29. The van der Waals surface area contributed by atoms with Crippen LogP contribution >= 0.6 is 0 Å². The Kier molecular flexibility index (Phi) is 5.65. The number of carbonyl (C=O) groups excluding carboxylic acids is 1. The first-order valence-electron chi connectivity index (χ1n) is 11.4. The van der Waals surface area contributed by atoms with Crippen molar-refractivity contribution in [3.8, 4) is 5.75 Å². The lowest BCUT2D eigenvalue weighted by atomic mass is 9.83. The molecule has 178 valence electrons. The number of aryl methyl sites for hydroxylation is 1. The Morgan fingerprint density at radius 3 is 2.74 bits per heavy atom. The SMILES string of the molecule is Cc1ccc(C(CC(N)=O)c2oc(CN3C[C@H]4C[C@@H](C3)c3cccc(=O)n3C4)cc(=O)c2O)o1. The van der Waals surface area contributed by atoms with E-state index < -0.39 is 23.0 Å². The molecule has 1 fully saturated rings. The number of carbonyl (C=O) groups is 1. The number of fused-ring (bicyclic) bond motifs is 4. The van der Waals surface area contributed by atoms with Gasteiger partial charge in [-0.2, -0.15) is 0 Å². The van der Waals surface area contributed by atoms with Crippen molar-refractivity contribution in [3.05, 3.63) is 85.7 Å². The predicted molar refractivity (Wildman–Crippen MR) is 123 cm³/mol. The number of hydrogen-bond donors (Lipinski definition) is 2. The summed E-state index contributed by atoms with van der Waals surface area (Å²) in [5.74, 6) is -0.0360. The fraction of sp³-hybridized carbons (Fsp3) is 0.400. The molecule has 5 heterocycles. The number of piperidine rings is 1. The van der Waals surface area contributed by atoms with Crippen LogP contribution in [0.25, 0.3) is 0 Å². The van der Waals surface area contributed by atoms with Crippen molar-refractivity contribution in [1.82, 2.24) is 9.47 Å². The summed E-state index contributed by atoms with van der Waals surface area (Å²) in [6, 6.07) is 10.1. The molecule has 1 saturated heterocycles. The van der Waals surface area contributed by atoms with Gasteiger partial charge in [-0.3, -0.25) is 19.3 Å². The number of nitrogens with zero attached hydrogens (tertiary/aromatic N) is 2. The zero-order chi connectivity index (χ0) is 24.0. The topological polar surface area (TPSA) is 132 Å². The number of hydrogen-bond acceptors (Lipinski definition) is 7. The number of likely N-dealkylation sites (tertiary alicyclic amines) is 1. The Morgan fingerprint density at radius 2 is 2.00 bits per heavy atom. The van der Waals surface area contributed by atoms with Crippen molar-refractivity contribution in [2.24, 2.45) is 11.7 Å². The summed E-state index contributed by atoms with van der Waals surface area (Å²) in [4.78, 5) is 38.8. The van der Waals surface area contributed by atoms with Gasteiger partial charge in [-0.1, -0.05) is 6.07 Å². The van der Waals surface area contributed by atoms with E-state index in [1.165, 1.54) is 6.07 Å². The molecule has 2 bridgehead atoms. The molecule has 3 N–H and O–H groups in total. The van der Waals surface area contributed by atoms with E-state index in [1.54, 1.807) is 31.2 Å². The van der Waals surface area contributed by atoms with E-state index in [4.69, 9.17) is 14.6 Å². The highest BCUT2D eigenvalue weighted by molar-refractivity contribution is 5.75. The van der Waals surface area contributed by atoms with Gasteiger partial charge in [0.25, 0.3) is 5.56 Å². The van der Waals surface area contributed by atoms with E-state index in [0.717, 1.165) is 25.2 Å². The van der Waals surface area contributed by atoms with Gasteiger partial charge in [0, 0.05) is 49.8 Å². The smallest absolute Gasteiger partial charge is 0.250 e. The first-order valence-corrected chi connectivity index (χ1v) is 11.4. The minimum Gasteiger partial charge on any atom is -0.502 e. The van der Waals surface area contributed by atoms with Crippen LogP contribution in [0.2, 0.25) is 0 Å². The van der Waals surface area contributed by atoms with Crippen LogP contribution in [0.5, 0.6) is 5.75 Å². The molecule has 9 heteroatoms. The molecule has 0 aromatic carbocycles. The van der Waals surface area contributed by atoms with Gasteiger partial charge in [0.2, 0.25) is 17.1 Å². The Hall–Kier alpha value is -3.59. The van der Waals surface area contributed by atoms with E-state index in [9.17, 15) is 19.5 Å². The second-order valence-electron chi connectivity index (χ2n) is 9.35. The molecule has 9 nitrogen and oxygen atoms in total. The van der Waals surface area contributed by atoms with E-state index in [1.807, 2.05) is 10.6 Å². The Balaban J connectivity index is 1.44. The van der Waals surface area contributed by atoms with Crippen LogP contribution in [0.3, 0.4) is 0 Å². The third-order valence-corrected chi connectivity index (χ3v) is 6.76. The molecule has 0 aliphatic carbocycles. The number of furan rings is 1. The van der Waals surface area contributed by atoms with Crippen molar-refractivity contribution in [2.75, 3.05) is 13.1 Å². The third kappa shape index (κ3) is 4.19. The standard InChI is InChI=1S/C25H27N3O6/c1-14-5-6-21(33-14)18(9-22(26)30)25-24(32)20(29)8-17(34-25)13-27-10-15-7-16(12-27)19-3-2-4-23(31)28(19)11-15/h2-6,8,15-16,18,32H,7,9-13H2,1H3,(H2,26,30)/t15-,16+,18?/m1/s1. The zero-order valence-corrected chi connectivity index (χ0v) is 18.9. The summed E-state index contributed by atoms with van der Waals surface area (Å²) < 4.78 is 13.5. The van der Waals surface area contributed by atoms with Gasteiger partial charge >= 0.3 is 0 Å². The van der Waals surface area contributed by atoms with E-state index in [2.05, 4.69) is 4.90 Å². The number of nitrogens with two attached hydrogens (primary N) is 1. The van der Waals surface area contributed by atoms with Crippen molar-refractivity contribution >= 4 is 5.91 Å². The van der Waals surface area contributed by atoms with Crippen molar-refractivity contribution in [2.45, 2.75) is 44.7 Å². The van der Waals surface area contributed by atoms with Crippen LogP contribution in [-0.4, -0.2) is 33.6 Å². The molecule has 2 aliphatic rings. The maximum absolute atomic E-state index is 12.6. The number of pyridine rings is 1. The van der Waals surface area contributed by atoms with Crippen molar-refractivity contribution < 1.29 is 18.7 Å². The lowest BCUT2D eigenvalue weighted by molar-refractivity contribution is -0.118. The Bertz CT molecular complexity index is 1350. The summed E-state index contributed by atoms with van der Waals surface area (Å²) in [6.07, 6.45) is 0.843. The molecular formula is C25H27N3O6. The quantitative estimate of drug-likeness (QED) is 0.569. The highest BCUT2D eigenvalue weighted by atomic mass is 16.4. The van der Waals surface area contributed by atoms with Crippen LogP contribution in [0, 0.1) is 12.8 Å². The van der Waals surface area contributed by atoms with Crippen molar-refractivity contribution in [3.63, 3.8) is 0 Å². The lowest BCUT2D eigenvalue weighted by Gasteiger charge is -2.42. The first-order chi connectivity index (χ1) is 16.3. The normalized spacial score (nSPS) is 20.6. The van der Waals surface area contributed by atoms with E-state index >= 15 is 0 Å². The van der Waals surface area contributed by atoms with Crippen LogP contribution in [0.1, 0.15) is 53.4 Å². The monoisotopic (exact) mass is 465 g/mol. The second kappa shape index (κ2) is 8.64. The number of aromatic hydroxyl groups is 1. The molecule has 0 radical (unpaired) electrons. The van der Waals surface area contributed by atoms with Crippen LogP contribution in [0.4, 0.5) is 0 Å². The van der Waals surface area contributed by atoms with E-state index in [-0.39, 0.29) is 23.7 Å². The number of primary amides is 1. The molecule has 3 aromatic heterocycles. The van der Waals surface area contributed by atoms with Gasteiger partial charge in [0.1, 0.15) is 17.3 Å². The largest absolute Gasteiger partial charge is 0.502 e. The minimum atomic E-state index is -0.807. The summed E-state index contributed by atoms with van der Waals surface area (Å²) in [7, 11) is 0. The lowest BCUT2D eigenvalue weighted by Crippen LogP contribution is -2.46. The minimum absolute atomic E-state index is 0.0234. The molecule has 0 saturated carbocycles.